The number of hydrogen-bond acceptors (Lipinski definition) is 5. The molecule has 5 nitrogen and oxygen atoms in total. The summed E-state index contributed by atoms with van der Waals surface area (Å²) in [6.07, 6.45) is 14.2. The molecule has 1 atom stereocenters. The molecule has 1 unspecified atom stereocenters. The molecule has 3 rings (SSSR count). The van der Waals surface area contributed by atoms with E-state index in [1.807, 2.05) is 12.1 Å². The monoisotopic (exact) mass is 508 g/mol. The Kier molecular flexibility index (Phi) is 12.5. The van der Waals surface area contributed by atoms with Crippen molar-refractivity contribution in [3.63, 3.8) is 0 Å². The number of aliphatic hydroxyl groups is 1. The maximum absolute atomic E-state index is 11.0. The van der Waals surface area contributed by atoms with Gasteiger partial charge in [0.1, 0.15) is 11.5 Å². The van der Waals surface area contributed by atoms with Crippen LogP contribution in [0.3, 0.4) is 0 Å². The van der Waals surface area contributed by atoms with E-state index in [-0.39, 0.29) is 6.61 Å². The Morgan fingerprint density at radius 2 is 1.59 bits per heavy atom. The van der Waals surface area contributed by atoms with Crippen LogP contribution in [0.25, 0.3) is 0 Å². The molecule has 1 N–H and O–H groups in total. The van der Waals surface area contributed by atoms with E-state index in [4.69, 9.17) is 14.2 Å². The molecule has 0 heterocycles. The summed E-state index contributed by atoms with van der Waals surface area (Å²) in [6.45, 7) is 6.34. The molecule has 0 aliphatic heterocycles. The van der Waals surface area contributed by atoms with Crippen molar-refractivity contribution in [2.45, 2.75) is 89.8 Å². The summed E-state index contributed by atoms with van der Waals surface area (Å²) in [5, 5.41) is 10.5. The lowest BCUT2D eigenvalue weighted by molar-refractivity contribution is -0.137. The Morgan fingerprint density at radius 3 is 2.27 bits per heavy atom. The van der Waals surface area contributed by atoms with Gasteiger partial charge < -0.3 is 19.3 Å². The van der Waals surface area contributed by atoms with Gasteiger partial charge in [-0.15, -0.1) is 0 Å². The van der Waals surface area contributed by atoms with Crippen LogP contribution < -0.4 is 9.47 Å². The molecule has 37 heavy (non-hydrogen) atoms. The number of aliphatic hydroxyl groups excluding tert-OH is 1. The summed E-state index contributed by atoms with van der Waals surface area (Å²) in [5.74, 6) is 2.46. The predicted octanol–water partition coefficient (Wildman–Crippen LogP) is 7.89. The molecule has 0 spiro atoms. The normalized spacial score (nSPS) is 18.1. The van der Waals surface area contributed by atoms with Crippen molar-refractivity contribution in [3.8, 4) is 11.5 Å². The zero-order valence-corrected chi connectivity index (χ0v) is 22.4. The lowest BCUT2D eigenvalue weighted by Gasteiger charge is -2.29. The van der Waals surface area contributed by atoms with E-state index >= 15 is 0 Å². The van der Waals surface area contributed by atoms with Gasteiger partial charge in [-0.2, -0.15) is 0 Å². The zero-order valence-electron chi connectivity index (χ0n) is 22.4. The number of carbonyl (C=O) groups is 1. The first-order valence-electron chi connectivity index (χ1n) is 14.1. The van der Waals surface area contributed by atoms with Crippen LogP contribution in [0.2, 0.25) is 0 Å². The number of rotatable bonds is 16. The molecule has 1 fully saturated rings. The van der Waals surface area contributed by atoms with Crippen molar-refractivity contribution in [1.82, 2.24) is 0 Å². The number of hydrogen-bond donors (Lipinski definition) is 1. The Hall–Kier alpha value is -2.79. The Balaban J connectivity index is 1.37. The van der Waals surface area contributed by atoms with E-state index in [0.717, 1.165) is 12.0 Å². The van der Waals surface area contributed by atoms with Gasteiger partial charge in [0.05, 0.1) is 13.2 Å². The first kappa shape index (κ1) is 28.8. The third-order valence-electron chi connectivity index (χ3n) is 7.30. The minimum absolute atomic E-state index is 0.286. The molecule has 1 saturated carbocycles. The highest BCUT2D eigenvalue weighted by molar-refractivity contribution is 5.81. The molecule has 0 bridgehead atoms. The number of unbranched alkanes of at least 4 members (excludes halogenated alkanes) is 4. The van der Waals surface area contributed by atoms with E-state index in [0.29, 0.717) is 36.0 Å². The van der Waals surface area contributed by atoms with Gasteiger partial charge in [0.2, 0.25) is 6.29 Å². The Bertz CT molecular complexity index is 913. The molecule has 0 amide bonds. The summed E-state index contributed by atoms with van der Waals surface area (Å²) in [6, 6.07) is 15.4. The lowest BCUT2D eigenvalue weighted by atomic mass is 9.77. The fraction of sp³-hybridized carbons (Fsp3) is 0.531. The first-order chi connectivity index (χ1) is 18.1. The second-order valence-corrected chi connectivity index (χ2v) is 10.1. The highest BCUT2D eigenvalue weighted by atomic mass is 16.6. The molecule has 2 aromatic rings. The van der Waals surface area contributed by atoms with Crippen molar-refractivity contribution >= 4 is 5.97 Å². The number of benzene rings is 2. The van der Waals surface area contributed by atoms with Crippen LogP contribution in [0.1, 0.15) is 101 Å². The second-order valence-electron chi connectivity index (χ2n) is 10.1. The van der Waals surface area contributed by atoms with Gasteiger partial charge in [0.15, 0.2) is 0 Å². The minimum Gasteiger partial charge on any atom is -0.493 e. The maximum Gasteiger partial charge on any atom is 0.330 e. The summed E-state index contributed by atoms with van der Waals surface area (Å²) >= 11 is 0. The summed E-state index contributed by atoms with van der Waals surface area (Å²) in [7, 11) is 0. The molecular weight excluding hydrogens is 464 g/mol. The number of ether oxygens (including phenoxy) is 3. The molecule has 5 heteroatoms. The molecule has 1 aliphatic carbocycles. The van der Waals surface area contributed by atoms with Gasteiger partial charge >= 0.3 is 5.97 Å². The zero-order chi connectivity index (χ0) is 26.3. The van der Waals surface area contributed by atoms with Crippen molar-refractivity contribution in [3.05, 3.63) is 72.3 Å². The number of carbonyl (C=O) groups excluding carboxylic acids is 1. The van der Waals surface area contributed by atoms with Crippen LogP contribution in [-0.4, -0.2) is 24.3 Å². The molecule has 2 aromatic carbocycles. The van der Waals surface area contributed by atoms with Gasteiger partial charge in [0, 0.05) is 18.1 Å². The van der Waals surface area contributed by atoms with E-state index in [1.165, 1.54) is 69.8 Å². The first-order valence-corrected chi connectivity index (χ1v) is 14.1. The predicted molar refractivity (Wildman–Crippen MR) is 148 cm³/mol. The van der Waals surface area contributed by atoms with Gasteiger partial charge in [-0.25, -0.2) is 4.79 Å². The van der Waals surface area contributed by atoms with Crippen LogP contribution in [0.5, 0.6) is 11.5 Å². The van der Waals surface area contributed by atoms with Crippen LogP contribution in [-0.2, 0) is 9.53 Å². The van der Waals surface area contributed by atoms with Crippen molar-refractivity contribution in [2.75, 3.05) is 13.2 Å². The highest BCUT2D eigenvalue weighted by Gasteiger charge is 2.22. The largest absolute Gasteiger partial charge is 0.493 e. The van der Waals surface area contributed by atoms with E-state index in [1.54, 1.807) is 24.3 Å². The topological polar surface area (TPSA) is 65.0 Å². The lowest BCUT2D eigenvalue weighted by Crippen LogP contribution is -2.13. The molecular formula is C32H44O5. The average molecular weight is 509 g/mol. The van der Waals surface area contributed by atoms with Crippen LogP contribution >= 0.6 is 0 Å². The summed E-state index contributed by atoms with van der Waals surface area (Å²) < 4.78 is 16.3. The van der Waals surface area contributed by atoms with E-state index < -0.39 is 12.3 Å². The third-order valence-corrected chi connectivity index (χ3v) is 7.30. The maximum atomic E-state index is 11.0. The summed E-state index contributed by atoms with van der Waals surface area (Å²) in [5.41, 5.74) is 2.04. The van der Waals surface area contributed by atoms with E-state index in [9.17, 15) is 9.90 Å². The molecule has 0 aromatic heterocycles. The molecule has 202 valence electrons. The van der Waals surface area contributed by atoms with Gasteiger partial charge in [0.25, 0.3) is 0 Å². The van der Waals surface area contributed by atoms with Gasteiger partial charge in [-0.05, 0) is 79.5 Å². The van der Waals surface area contributed by atoms with Crippen molar-refractivity contribution in [1.29, 1.82) is 0 Å². The smallest absolute Gasteiger partial charge is 0.330 e. The standard InChI is InChI=1S/C32H44O5/c1-3-5-6-7-8-10-25-11-13-26(14-12-25)27-15-21-30(22-16-27)37-32(34)28-17-19-29(20-18-28)35-23-9-24-36-31(33)4-2/h4,15-22,25-26,32,34H,2-3,5-14,23-24H2,1H3. The molecule has 1 aliphatic rings. The SMILES string of the molecule is C=CC(=O)OCCCOc1ccc(C(O)Oc2ccc(C3CCC(CCCCCCC)CC3)cc2)cc1. The third kappa shape index (κ3) is 10.2. The highest BCUT2D eigenvalue weighted by Crippen LogP contribution is 2.38. The summed E-state index contributed by atoms with van der Waals surface area (Å²) in [4.78, 5) is 11.0. The van der Waals surface area contributed by atoms with Crippen LogP contribution in [0.15, 0.2) is 61.2 Å². The van der Waals surface area contributed by atoms with Gasteiger partial charge in [-0.1, -0.05) is 64.2 Å². The molecule has 0 saturated heterocycles. The van der Waals surface area contributed by atoms with Crippen molar-refractivity contribution in [2.24, 2.45) is 5.92 Å². The van der Waals surface area contributed by atoms with Crippen LogP contribution in [0.4, 0.5) is 0 Å². The Morgan fingerprint density at radius 1 is 0.919 bits per heavy atom. The number of esters is 1. The second kappa shape index (κ2) is 16.1. The minimum atomic E-state index is -1.05. The fourth-order valence-corrected chi connectivity index (χ4v) is 5.05. The quantitative estimate of drug-likeness (QED) is 0.108. The van der Waals surface area contributed by atoms with Crippen LogP contribution in [0, 0.1) is 5.92 Å². The van der Waals surface area contributed by atoms with Gasteiger partial charge in [-0.3, -0.25) is 0 Å². The molecule has 0 radical (unpaired) electrons. The fourth-order valence-electron chi connectivity index (χ4n) is 5.05. The van der Waals surface area contributed by atoms with Crippen molar-refractivity contribution < 1.29 is 24.1 Å². The van der Waals surface area contributed by atoms with E-state index in [2.05, 4.69) is 25.6 Å². The average Bonchev–Trinajstić information content (AvgIpc) is 2.93. The Labute approximate surface area is 222 Å².